The fourth-order valence-electron chi connectivity index (χ4n) is 2.24. The number of aromatic nitrogens is 2. The van der Waals surface area contributed by atoms with Crippen LogP contribution >= 0.6 is 0 Å². The second kappa shape index (κ2) is 3.98. The first-order valence-corrected chi connectivity index (χ1v) is 5.38. The Bertz CT molecular complexity index is 289. The Hall–Kier alpha value is -1.06. The Morgan fingerprint density at radius 1 is 1.36 bits per heavy atom. The molecular formula is C10H17N3O. The number of hydrogen-bond donors (Lipinski definition) is 1. The molecule has 1 aliphatic carbocycles. The molecule has 1 aromatic heterocycles. The highest BCUT2D eigenvalue weighted by Crippen LogP contribution is 2.35. The second-order valence-electron chi connectivity index (χ2n) is 4.12. The number of anilines is 1. The van der Waals surface area contributed by atoms with Crippen molar-refractivity contribution in [1.29, 1.82) is 0 Å². The number of nitrogens with zero attached hydrogens (tertiary/aromatic N) is 2. The van der Waals surface area contributed by atoms with Gasteiger partial charge in [-0.2, -0.15) is 4.98 Å². The van der Waals surface area contributed by atoms with E-state index >= 15 is 0 Å². The average Bonchev–Trinajstić information content (AvgIpc) is 2.65. The van der Waals surface area contributed by atoms with E-state index in [4.69, 9.17) is 10.3 Å². The minimum absolute atomic E-state index is 0.192. The molecule has 0 unspecified atom stereocenters. The van der Waals surface area contributed by atoms with Gasteiger partial charge in [-0.15, -0.1) is 0 Å². The molecule has 0 aromatic carbocycles. The Labute approximate surface area is 83.9 Å². The first-order chi connectivity index (χ1) is 6.79. The molecule has 0 bridgehead atoms. The molecule has 1 saturated carbocycles. The van der Waals surface area contributed by atoms with E-state index in [0.29, 0.717) is 5.92 Å². The molecule has 0 saturated heterocycles. The van der Waals surface area contributed by atoms with Crippen LogP contribution in [-0.4, -0.2) is 10.1 Å². The highest BCUT2D eigenvalue weighted by Gasteiger charge is 2.24. The second-order valence-corrected chi connectivity index (χ2v) is 4.12. The standard InChI is InChI=1S/C10H17N3O/c1-2-7-3-5-8(6-4-7)9-12-10(11)14-13-9/h7-8H,2-6H2,1H3,(H2,11,12,13). The molecule has 1 aliphatic rings. The van der Waals surface area contributed by atoms with E-state index < -0.39 is 0 Å². The van der Waals surface area contributed by atoms with Crippen molar-refractivity contribution in [2.45, 2.75) is 44.9 Å². The van der Waals surface area contributed by atoms with Gasteiger partial charge in [-0.05, 0) is 31.6 Å². The zero-order valence-electron chi connectivity index (χ0n) is 8.57. The van der Waals surface area contributed by atoms with Gasteiger partial charge in [0, 0.05) is 5.92 Å². The minimum Gasteiger partial charge on any atom is -0.351 e. The highest BCUT2D eigenvalue weighted by atomic mass is 16.5. The molecule has 2 rings (SSSR count). The van der Waals surface area contributed by atoms with Crippen LogP contribution in [0.5, 0.6) is 0 Å². The van der Waals surface area contributed by atoms with Gasteiger partial charge in [-0.25, -0.2) is 0 Å². The fourth-order valence-corrected chi connectivity index (χ4v) is 2.24. The monoisotopic (exact) mass is 195 g/mol. The van der Waals surface area contributed by atoms with Gasteiger partial charge in [-0.3, -0.25) is 0 Å². The van der Waals surface area contributed by atoms with E-state index in [1.807, 2.05) is 0 Å². The molecule has 1 aromatic rings. The first-order valence-electron chi connectivity index (χ1n) is 5.38. The average molecular weight is 195 g/mol. The van der Waals surface area contributed by atoms with E-state index in [1.54, 1.807) is 0 Å². The molecule has 4 nitrogen and oxygen atoms in total. The van der Waals surface area contributed by atoms with Gasteiger partial charge in [0.1, 0.15) is 0 Å². The van der Waals surface area contributed by atoms with Gasteiger partial charge in [0.05, 0.1) is 0 Å². The molecule has 0 amide bonds. The Morgan fingerprint density at radius 2 is 2.07 bits per heavy atom. The lowest BCUT2D eigenvalue weighted by Crippen LogP contribution is -2.13. The van der Waals surface area contributed by atoms with Gasteiger partial charge in [-0.1, -0.05) is 18.5 Å². The zero-order chi connectivity index (χ0) is 9.97. The molecule has 0 aliphatic heterocycles. The molecule has 2 N–H and O–H groups in total. The molecular weight excluding hydrogens is 178 g/mol. The summed E-state index contributed by atoms with van der Waals surface area (Å²) in [5.41, 5.74) is 5.40. The van der Waals surface area contributed by atoms with E-state index in [0.717, 1.165) is 11.7 Å². The van der Waals surface area contributed by atoms with E-state index in [9.17, 15) is 0 Å². The van der Waals surface area contributed by atoms with Crippen molar-refractivity contribution >= 4 is 6.01 Å². The summed E-state index contributed by atoms with van der Waals surface area (Å²) in [6.45, 7) is 2.26. The fraction of sp³-hybridized carbons (Fsp3) is 0.800. The number of nitrogen functional groups attached to an aromatic ring is 1. The SMILES string of the molecule is CCC1CCC(c2noc(N)n2)CC1. The third kappa shape index (κ3) is 1.89. The van der Waals surface area contributed by atoms with Gasteiger partial charge in [0.25, 0.3) is 0 Å². The van der Waals surface area contributed by atoms with Crippen molar-refractivity contribution < 1.29 is 4.52 Å². The summed E-state index contributed by atoms with van der Waals surface area (Å²) in [5.74, 6) is 2.17. The van der Waals surface area contributed by atoms with Gasteiger partial charge in [0.15, 0.2) is 5.82 Å². The van der Waals surface area contributed by atoms with E-state index in [-0.39, 0.29) is 6.01 Å². The predicted octanol–water partition coefficient (Wildman–Crippen LogP) is 2.34. The largest absolute Gasteiger partial charge is 0.351 e. The maximum atomic E-state index is 5.40. The molecule has 78 valence electrons. The quantitative estimate of drug-likeness (QED) is 0.786. The van der Waals surface area contributed by atoms with Crippen molar-refractivity contribution in [2.24, 2.45) is 5.92 Å². The summed E-state index contributed by atoms with van der Waals surface area (Å²) in [6.07, 6.45) is 6.22. The van der Waals surface area contributed by atoms with Crippen LogP contribution in [0.4, 0.5) is 6.01 Å². The molecule has 4 heteroatoms. The van der Waals surface area contributed by atoms with E-state index in [1.165, 1.54) is 32.1 Å². The maximum Gasteiger partial charge on any atom is 0.318 e. The lowest BCUT2D eigenvalue weighted by molar-refractivity contribution is 0.305. The highest BCUT2D eigenvalue weighted by molar-refractivity contribution is 5.10. The molecule has 0 radical (unpaired) electrons. The van der Waals surface area contributed by atoms with Gasteiger partial charge >= 0.3 is 6.01 Å². The predicted molar refractivity (Wildman–Crippen MR) is 53.7 cm³/mol. The molecule has 1 fully saturated rings. The third-order valence-corrected chi connectivity index (χ3v) is 3.25. The summed E-state index contributed by atoms with van der Waals surface area (Å²) in [6, 6.07) is 0.192. The van der Waals surface area contributed by atoms with Crippen LogP contribution in [-0.2, 0) is 0 Å². The summed E-state index contributed by atoms with van der Waals surface area (Å²) in [5, 5.41) is 3.88. The summed E-state index contributed by atoms with van der Waals surface area (Å²) in [7, 11) is 0. The van der Waals surface area contributed by atoms with Crippen LogP contribution in [0.15, 0.2) is 4.52 Å². The van der Waals surface area contributed by atoms with Crippen molar-refractivity contribution in [3.63, 3.8) is 0 Å². The van der Waals surface area contributed by atoms with Crippen LogP contribution in [0, 0.1) is 5.92 Å². The Balaban J connectivity index is 1.95. The maximum absolute atomic E-state index is 5.40. The van der Waals surface area contributed by atoms with Crippen LogP contribution in [0.3, 0.4) is 0 Å². The number of rotatable bonds is 2. The molecule has 1 heterocycles. The normalized spacial score (nSPS) is 27.8. The lowest BCUT2D eigenvalue weighted by atomic mass is 9.80. The number of hydrogen-bond acceptors (Lipinski definition) is 4. The topological polar surface area (TPSA) is 64.9 Å². The van der Waals surface area contributed by atoms with Crippen molar-refractivity contribution in [1.82, 2.24) is 10.1 Å². The van der Waals surface area contributed by atoms with Gasteiger partial charge < -0.3 is 10.3 Å². The van der Waals surface area contributed by atoms with Crippen molar-refractivity contribution in [3.8, 4) is 0 Å². The summed E-state index contributed by atoms with van der Waals surface area (Å²) in [4.78, 5) is 4.09. The Kier molecular flexibility index (Phi) is 2.70. The van der Waals surface area contributed by atoms with Crippen LogP contribution < -0.4 is 5.73 Å². The van der Waals surface area contributed by atoms with Crippen LogP contribution in [0.25, 0.3) is 0 Å². The number of nitrogens with two attached hydrogens (primary N) is 1. The van der Waals surface area contributed by atoms with Crippen LogP contribution in [0.2, 0.25) is 0 Å². The minimum atomic E-state index is 0.192. The third-order valence-electron chi connectivity index (χ3n) is 3.25. The molecule has 0 spiro atoms. The molecule has 0 atom stereocenters. The van der Waals surface area contributed by atoms with E-state index in [2.05, 4.69) is 17.1 Å². The summed E-state index contributed by atoms with van der Waals surface area (Å²) >= 11 is 0. The smallest absolute Gasteiger partial charge is 0.318 e. The Morgan fingerprint density at radius 3 is 2.57 bits per heavy atom. The summed E-state index contributed by atoms with van der Waals surface area (Å²) < 4.78 is 4.79. The zero-order valence-corrected chi connectivity index (χ0v) is 8.57. The van der Waals surface area contributed by atoms with Gasteiger partial charge in [0.2, 0.25) is 0 Å². The van der Waals surface area contributed by atoms with Crippen molar-refractivity contribution in [2.75, 3.05) is 5.73 Å². The van der Waals surface area contributed by atoms with Crippen LogP contribution in [0.1, 0.15) is 50.8 Å². The first kappa shape index (κ1) is 9.49. The molecule has 14 heavy (non-hydrogen) atoms. The van der Waals surface area contributed by atoms with Crippen molar-refractivity contribution in [3.05, 3.63) is 5.82 Å². The lowest BCUT2D eigenvalue weighted by Gasteiger charge is -2.25.